The lowest BCUT2D eigenvalue weighted by molar-refractivity contribution is 0.764. The Morgan fingerprint density at radius 1 is 1.50 bits per heavy atom. The molecule has 0 radical (unpaired) electrons. The molecular weight excluding hydrogens is 198 g/mol. The van der Waals surface area contributed by atoms with E-state index in [1.807, 2.05) is 0 Å². The van der Waals surface area contributed by atoms with Gasteiger partial charge in [0.1, 0.15) is 11.3 Å². The quantitative estimate of drug-likeness (QED) is 0.845. The van der Waals surface area contributed by atoms with E-state index >= 15 is 0 Å². The number of hydrogen-bond acceptors (Lipinski definition) is 2. The average molecular weight is 210 g/mol. The summed E-state index contributed by atoms with van der Waals surface area (Å²) >= 11 is 5.99. The molecule has 74 valence electrons. The van der Waals surface area contributed by atoms with Gasteiger partial charge >= 0.3 is 0 Å². The highest BCUT2D eigenvalue weighted by Crippen LogP contribution is 2.19. The molecule has 0 spiro atoms. The highest BCUT2D eigenvalue weighted by molar-refractivity contribution is 6.34. The molecule has 0 unspecified atom stereocenters. The van der Waals surface area contributed by atoms with Crippen LogP contribution in [0.4, 0.5) is 0 Å². The third-order valence-electron chi connectivity index (χ3n) is 2.16. The van der Waals surface area contributed by atoms with Gasteiger partial charge in [0, 0.05) is 12.6 Å². The van der Waals surface area contributed by atoms with E-state index in [2.05, 4.69) is 21.9 Å². The van der Waals surface area contributed by atoms with E-state index in [-0.39, 0.29) is 0 Å². The molecule has 3 nitrogen and oxygen atoms in total. The summed E-state index contributed by atoms with van der Waals surface area (Å²) in [6, 6.07) is 1.77. The molecule has 0 bridgehead atoms. The van der Waals surface area contributed by atoms with Crippen molar-refractivity contribution in [2.24, 2.45) is 0 Å². The van der Waals surface area contributed by atoms with E-state index < -0.39 is 0 Å². The van der Waals surface area contributed by atoms with Crippen LogP contribution in [0.2, 0.25) is 5.02 Å². The van der Waals surface area contributed by atoms with Crippen molar-refractivity contribution in [2.45, 2.75) is 26.2 Å². The Bertz CT molecular complexity index is 436. The molecule has 0 atom stereocenters. The topological polar surface area (TPSA) is 41.6 Å². The lowest BCUT2D eigenvalue weighted by atomic mass is 10.2. The van der Waals surface area contributed by atoms with E-state index in [1.54, 1.807) is 12.3 Å². The van der Waals surface area contributed by atoms with Crippen LogP contribution in [0.15, 0.2) is 12.3 Å². The van der Waals surface area contributed by atoms with Crippen molar-refractivity contribution in [1.29, 1.82) is 0 Å². The first-order chi connectivity index (χ1) is 6.81. The zero-order chi connectivity index (χ0) is 9.97. The van der Waals surface area contributed by atoms with Crippen LogP contribution in [-0.2, 0) is 6.42 Å². The molecule has 2 rings (SSSR count). The fraction of sp³-hybridized carbons (Fsp3) is 0.400. The van der Waals surface area contributed by atoms with Gasteiger partial charge in [-0.15, -0.1) is 0 Å². The largest absolute Gasteiger partial charge is 0.339 e. The molecule has 0 aliphatic rings. The van der Waals surface area contributed by atoms with Gasteiger partial charge < -0.3 is 4.98 Å². The number of nitrogens with zero attached hydrogens (tertiary/aromatic N) is 2. The van der Waals surface area contributed by atoms with Gasteiger partial charge in [0.25, 0.3) is 0 Å². The fourth-order valence-corrected chi connectivity index (χ4v) is 1.58. The molecule has 0 amide bonds. The highest BCUT2D eigenvalue weighted by atomic mass is 35.5. The van der Waals surface area contributed by atoms with E-state index in [0.717, 1.165) is 30.6 Å². The van der Waals surface area contributed by atoms with Gasteiger partial charge in [-0.25, -0.2) is 9.97 Å². The van der Waals surface area contributed by atoms with Gasteiger partial charge in [0.05, 0.1) is 5.02 Å². The SMILES string of the molecule is CCCCc1nc2nccc(Cl)c2[nH]1. The maximum absolute atomic E-state index is 5.99. The average Bonchev–Trinajstić information content (AvgIpc) is 2.59. The van der Waals surface area contributed by atoms with Gasteiger partial charge in [0.2, 0.25) is 0 Å². The molecule has 0 saturated heterocycles. The maximum Gasteiger partial charge on any atom is 0.179 e. The zero-order valence-corrected chi connectivity index (χ0v) is 8.80. The van der Waals surface area contributed by atoms with Crippen LogP contribution >= 0.6 is 11.6 Å². The minimum absolute atomic E-state index is 0.685. The first-order valence-corrected chi connectivity index (χ1v) is 5.18. The van der Waals surface area contributed by atoms with Gasteiger partial charge in [-0.05, 0) is 12.5 Å². The molecule has 2 aromatic heterocycles. The number of imidazole rings is 1. The van der Waals surface area contributed by atoms with E-state index in [0.29, 0.717) is 10.7 Å². The molecule has 0 aromatic carbocycles. The second-order valence-electron chi connectivity index (χ2n) is 3.28. The van der Waals surface area contributed by atoms with Crippen LogP contribution < -0.4 is 0 Å². The highest BCUT2D eigenvalue weighted by Gasteiger charge is 2.05. The van der Waals surface area contributed by atoms with Crippen molar-refractivity contribution in [3.8, 4) is 0 Å². The van der Waals surface area contributed by atoms with Crippen molar-refractivity contribution in [1.82, 2.24) is 15.0 Å². The number of fused-ring (bicyclic) bond motifs is 1. The third kappa shape index (κ3) is 1.73. The fourth-order valence-electron chi connectivity index (χ4n) is 1.39. The number of aromatic amines is 1. The Morgan fingerprint density at radius 3 is 3.07 bits per heavy atom. The van der Waals surface area contributed by atoms with Crippen LogP contribution in [-0.4, -0.2) is 15.0 Å². The first-order valence-electron chi connectivity index (χ1n) is 4.80. The monoisotopic (exact) mass is 209 g/mol. The van der Waals surface area contributed by atoms with Crippen molar-refractivity contribution in [3.05, 3.63) is 23.1 Å². The molecule has 2 aromatic rings. The number of pyridine rings is 1. The zero-order valence-electron chi connectivity index (χ0n) is 8.05. The maximum atomic E-state index is 5.99. The summed E-state index contributed by atoms with van der Waals surface area (Å²) in [5.41, 5.74) is 1.56. The first kappa shape index (κ1) is 9.46. The Balaban J connectivity index is 2.36. The Morgan fingerprint density at radius 2 is 2.36 bits per heavy atom. The summed E-state index contributed by atoms with van der Waals surface area (Å²) in [6.45, 7) is 2.16. The number of aryl methyl sites for hydroxylation is 1. The second kappa shape index (κ2) is 3.96. The minimum Gasteiger partial charge on any atom is -0.339 e. The molecule has 0 saturated carbocycles. The molecule has 0 fully saturated rings. The number of unbranched alkanes of at least 4 members (excludes halogenated alkanes) is 1. The summed E-state index contributed by atoms with van der Waals surface area (Å²) in [7, 11) is 0. The van der Waals surface area contributed by atoms with Crippen molar-refractivity contribution in [3.63, 3.8) is 0 Å². The standard InChI is InChI=1S/C10H12ClN3/c1-2-3-4-8-13-9-7(11)5-6-12-10(9)14-8/h5-6H,2-4H2,1H3,(H,12,13,14). The van der Waals surface area contributed by atoms with Crippen LogP contribution in [0.5, 0.6) is 0 Å². The predicted molar refractivity (Wildman–Crippen MR) is 57.5 cm³/mol. The second-order valence-corrected chi connectivity index (χ2v) is 3.69. The molecular formula is C10H12ClN3. The van der Waals surface area contributed by atoms with Crippen LogP contribution in [0.3, 0.4) is 0 Å². The lowest BCUT2D eigenvalue weighted by Crippen LogP contribution is -1.86. The van der Waals surface area contributed by atoms with Gasteiger partial charge in [0.15, 0.2) is 5.65 Å². The molecule has 2 heterocycles. The van der Waals surface area contributed by atoms with Crippen molar-refractivity contribution >= 4 is 22.8 Å². The summed E-state index contributed by atoms with van der Waals surface area (Å²) in [4.78, 5) is 11.7. The summed E-state index contributed by atoms with van der Waals surface area (Å²) in [6.07, 6.45) is 4.94. The molecule has 1 N–H and O–H groups in total. The number of rotatable bonds is 3. The van der Waals surface area contributed by atoms with Crippen LogP contribution in [0, 0.1) is 0 Å². The Labute approximate surface area is 87.5 Å². The molecule has 0 aliphatic heterocycles. The van der Waals surface area contributed by atoms with Crippen molar-refractivity contribution < 1.29 is 0 Å². The summed E-state index contributed by atoms with van der Waals surface area (Å²) < 4.78 is 0. The van der Waals surface area contributed by atoms with Crippen molar-refractivity contribution in [2.75, 3.05) is 0 Å². The van der Waals surface area contributed by atoms with Crippen LogP contribution in [0.25, 0.3) is 11.2 Å². The van der Waals surface area contributed by atoms with Crippen LogP contribution in [0.1, 0.15) is 25.6 Å². The number of H-pyrrole nitrogens is 1. The Hall–Kier alpha value is -1.09. The smallest absolute Gasteiger partial charge is 0.179 e. The lowest BCUT2D eigenvalue weighted by Gasteiger charge is -1.91. The summed E-state index contributed by atoms with van der Waals surface area (Å²) in [5, 5.41) is 0.685. The minimum atomic E-state index is 0.685. The normalized spacial score (nSPS) is 11.0. The Kier molecular flexibility index (Phi) is 2.68. The van der Waals surface area contributed by atoms with E-state index in [4.69, 9.17) is 11.6 Å². The van der Waals surface area contributed by atoms with Gasteiger partial charge in [-0.3, -0.25) is 0 Å². The summed E-state index contributed by atoms with van der Waals surface area (Å²) in [5.74, 6) is 0.974. The number of aromatic nitrogens is 3. The van der Waals surface area contributed by atoms with Gasteiger partial charge in [-0.1, -0.05) is 24.9 Å². The predicted octanol–water partition coefficient (Wildman–Crippen LogP) is 2.95. The molecule has 4 heteroatoms. The van der Waals surface area contributed by atoms with E-state index in [9.17, 15) is 0 Å². The number of halogens is 1. The molecule has 0 aliphatic carbocycles. The number of hydrogen-bond donors (Lipinski definition) is 1. The third-order valence-corrected chi connectivity index (χ3v) is 2.47. The molecule has 14 heavy (non-hydrogen) atoms. The van der Waals surface area contributed by atoms with E-state index in [1.165, 1.54) is 0 Å². The number of nitrogens with one attached hydrogen (secondary N) is 1. The van der Waals surface area contributed by atoms with Gasteiger partial charge in [-0.2, -0.15) is 0 Å².